The van der Waals surface area contributed by atoms with Gasteiger partial charge >= 0.3 is 0 Å². The third-order valence-electron chi connectivity index (χ3n) is 2.00. The third kappa shape index (κ3) is 2.25. The summed E-state index contributed by atoms with van der Waals surface area (Å²) in [6.07, 6.45) is 0. The lowest BCUT2D eigenvalue weighted by atomic mass is 10.3. The van der Waals surface area contributed by atoms with Crippen molar-refractivity contribution < 1.29 is 9.47 Å². The number of hydrogen-bond donors (Lipinski definition) is 0. The molecule has 0 unspecified atom stereocenters. The summed E-state index contributed by atoms with van der Waals surface area (Å²) in [5.41, 5.74) is 0. The summed E-state index contributed by atoms with van der Waals surface area (Å²) < 4.78 is 10.6. The quantitative estimate of drug-likeness (QED) is 0.667. The zero-order chi connectivity index (χ0) is 9.68. The van der Waals surface area contributed by atoms with Crippen molar-refractivity contribution in [2.24, 2.45) is 0 Å². The lowest BCUT2D eigenvalue weighted by molar-refractivity contribution is 0.357. The second-order valence-corrected chi connectivity index (χ2v) is 5.16. The summed E-state index contributed by atoms with van der Waals surface area (Å²) in [4.78, 5) is 0. The summed E-state index contributed by atoms with van der Waals surface area (Å²) in [5.74, 6) is 1.78. The van der Waals surface area contributed by atoms with E-state index in [1.165, 1.54) is 11.2 Å². The number of methoxy groups -OCH3 is 2. The molecule has 2 nitrogen and oxygen atoms in total. The molecule has 0 saturated carbocycles. The number of para-hydroxylation sites is 1. The molecule has 0 bridgehead atoms. The van der Waals surface area contributed by atoms with E-state index >= 15 is 0 Å². The Morgan fingerprint density at radius 2 is 2.00 bits per heavy atom. The number of rotatable bonds is 4. The predicted octanol–water partition coefficient (Wildman–Crippen LogP) is 0.936. The van der Waals surface area contributed by atoms with Crippen molar-refractivity contribution in [1.29, 1.82) is 0 Å². The lowest BCUT2D eigenvalue weighted by Gasteiger charge is -2.11. The number of benzene rings is 1. The normalized spacial score (nSPS) is 10.7. The Bertz CT molecular complexity index is 274. The van der Waals surface area contributed by atoms with Crippen molar-refractivity contribution in [3.8, 4) is 11.5 Å². The fourth-order valence-corrected chi connectivity index (χ4v) is 2.81. The van der Waals surface area contributed by atoms with E-state index in [2.05, 4.69) is 13.0 Å². The molecule has 0 amide bonds. The second-order valence-electron chi connectivity index (χ2n) is 2.90. The molecule has 1 aromatic rings. The highest BCUT2D eigenvalue weighted by Gasteiger charge is 2.07. The fraction of sp³-hybridized carbons (Fsp3) is 0.400. The molecule has 1 aromatic carbocycles. The maximum Gasteiger partial charge on any atom is 0.160 e. The molecule has 0 aromatic heterocycles. The SMILES string of the molecule is CC[SiH2]c1cccc(OC)c1OC. The molecular weight excluding hydrogens is 180 g/mol. The Kier molecular flexibility index (Phi) is 3.83. The first kappa shape index (κ1) is 10.1. The Labute approximate surface area is 81.7 Å². The third-order valence-corrected chi connectivity index (χ3v) is 3.60. The van der Waals surface area contributed by atoms with Gasteiger partial charge in [0.1, 0.15) is 0 Å². The van der Waals surface area contributed by atoms with Crippen LogP contribution in [0.2, 0.25) is 6.04 Å². The largest absolute Gasteiger partial charge is 0.493 e. The minimum absolute atomic E-state index is 0.177. The maximum atomic E-state index is 5.33. The topological polar surface area (TPSA) is 18.5 Å². The molecule has 13 heavy (non-hydrogen) atoms. The van der Waals surface area contributed by atoms with Crippen molar-refractivity contribution in [3.05, 3.63) is 18.2 Å². The van der Waals surface area contributed by atoms with Crippen LogP contribution in [0.25, 0.3) is 0 Å². The standard InChI is InChI=1S/C10H16O2Si/c1-4-13-9-7-5-6-8(11-2)10(9)12-3/h5-7H,4,13H2,1-3H3. The van der Waals surface area contributed by atoms with E-state index in [-0.39, 0.29) is 9.52 Å². The van der Waals surface area contributed by atoms with E-state index < -0.39 is 0 Å². The van der Waals surface area contributed by atoms with Gasteiger partial charge in [-0.3, -0.25) is 0 Å². The second kappa shape index (κ2) is 4.92. The van der Waals surface area contributed by atoms with E-state index in [1.54, 1.807) is 14.2 Å². The zero-order valence-corrected chi connectivity index (χ0v) is 9.88. The van der Waals surface area contributed by atoms with Gasteiger partial charge in [0.15, 0.2) is 11.5 Å². The van der Waals surface area contributed by atoms with Gasteiger partial charge in [-0.05, 0) is 11.3 Å². The summed E-state index contributed by atoms with van der Waals surface area (Å²) in [6, 6.07) is 7.35. The summed E-state index contributed by atoms with van der Waals surface area (Å²) in [7, 11) is 3.20. The Morgan fingerprint density at radius 1 is 1.23 bits per heavy atom. The number of hydrogen-bond acceptors (Lipinski definition) is 2. The average molecular weight is 196 g/mol. The molecule has 0 fully saturated rings. The van der Waals surface area contributed by atoms with Gasteiger partial charge in [-0.2, -0.15) is 0 Å². The maximum absolute atomic E-state index is 5.33. The first-order chi connectivity index (χ1) is 6.33. The average Bonchev–Trinajstić information content (AvgIpc) is 2.18. The molecule has 1 rings (SSSR count). The molecule has 0 heterocycles. The number of ether oxygens (including phenoxy) is 2. The van der Waals surface area contributed by atoms with Crippen LogP contribution in [0.15, 0.2) is 18.2 Å². The van der Waals surface area contributed by atoms with E-state index in [0.717, 1.165) is 11.5 Å². The first-order valence-corrected chi connectivity index (χ1v) is 6.24. The summed E-state index contributed by atoms with van der Waals surface area (Å²) in [6.45, 7) is 2.21. The van der Waals surface area contributed by atoms with Gasteiger partial charge in [-0.1, -0.05) is 25.1 Å². The molecule has 0 atom stereocenters. The molecule has 72 valence electrons. The molecule has 0 radical (unpaired) electrons. The van der Waals surface area contributed by atoms with Crippen molar-refractivity contribution >= 4 is 14.7 Å². The van der Waals surface area contributed by atoms with Gasteiger partial charge in [0.05, 0.1) is 23.7 Å². The van der Waals surface area contributed by atoms with E-state index in [4.69, 9.17) is 9.47 Å². The zero-order valence-electron chi connectivity index (χ0n) is 8.46. The van der Waals surface area contributed by atoms with E-state index in [9.17, 15) is 0 Å². The van der Waals surface area contributed by atoms with E-state index in [0.29, 0.717) is 0 Å². The molecule has 0 aliphatic carbocycles. The van der Waals surface area contributed by atoms with Crippen LogP contribution in [-0.4, -0.2) is 23.7 Å². The highest BCUT2D eigenvalue weighted by molar-refractivity contribution is 6.54. The van der Waals surface area contributed by atoms with Crippen LogP contribution in [0.4, 0.5) is 0 Å². The Morgan fingerprint density at radius 3 is 2.54 bits per heavy atom. The van der Waals surface area contributed by atoms with Crippen LogP contribution in [0.3, 0.4) is 0 Å². The Balaban J connectivity index is 3.03. The van der Waals surface area contributed by atoms with Gasteiger partial charge in [-0.15, -0.1) is 0 Å². The first-order valence-electron chi connectivity index (χ1n) is 4.53. The van der Waals surface area contributed by atoms with Crippen LogP contribution in [0.1, 0.15) is 6.92 Å². The van der Waals surface area contributed by atoms with Gasteiger partial charge in [-0.25, -0.2) is 0 Å². The Hall–Kier alpha value is -0.963. The van der Waals surface area contributed by atoms with Crippen LogP contribution >= 0.6 is 0 Å². The van der Waals surface area contributed by atoms with Gasteiger partial charge in [0, 0.05) is 0 Å². The molecule has 0 saturated heterocycles. The van der Waals surface area contributed by atoms with Gasteiger partial charge in [0.25, 0.3) is 0 Å². The molecule has 0 N–H and O–H groups in total. The summed E-state index contributed by atoms with van der Waals surface area (Å²) in [5, 5.41) is 1.35. The van der Waals surface area contributed by atoms with Crippen LogP contribution in [-0.2, 0) is 0 Å². The monoisotopic (exact) mass is 196 g/mol. The highest BCUT2D eigenvalue weighted by Crippen LogP contribution is 2.23. The van der Waals surface area contributed by atoms with Crippen molar-refractivity contribution in [1.82, 2.24) is 0 Å². The van der Waals surface area contributed by atoms with Gasteiger partial charge < -0.3 is 9.47 Å². The minimum atomic E-state index is -0.177. The van der Waals surface area contributed by atoms with Crippen LogP contribution in [0.5, 0.6) is 11.5 Å². The molecule has 0 aliphatic heterocycles. The van der Waals surface area contributed by atoms with Crippen LogP contribution < -0.4 is 14.7 Å². The summed E-state index contributed by atoms with van der Waals surface area (Å²) >= 11 is 0. The van der Waals surface area contributed by atoms with E-state index in [1.807, 2.05) is 12.1 Å². The van der Waals surface area contributed by atoms with Gasteiger partial charge in [0.2, 0.25) is 0 Å². The fourth-order valence-electron chi connectivity index (χ4n) is 1.42. The molecular formula is C10H16O2Si. The van der Waals surface area contributed by atoms with Crippen LogP contribution in [0, 0.1) is 0 Å². The highest BCUT2D eigenvalue weighted by atomic mass is 28.2. The van der Waals surface area contributed by atoms with Crippen molar-refractivity contribution in [2.75, 3.05) is 14.2 Å². The predicted molar refractivity (Wildman–Crippen MR) is 58.2 cm³/mol. The van der Waals surface area contributed by atoms with Crippen molar-refractivity contribution in [2.45, 2.75) is 13.0 Å². The smallest absolute Gasteiger partial charge is 0.160 e. The minimum Gasteiger partial charge on any atom is -0.493 e. The van der Waals surface area contributed by atoms with Crippen molar-refractivity contribution in [3.63, 3.8) is 0 Å². The molecule has 0 aliphatic rings. The molecule has 0 spiro atoms. The molecule has 3 heteroatoms. The lowest BCUT2D eigenvalue weighted by Crippen LogP contribution is -2.16.